The van der Waals surface area contributed by atoms with E-state index >= 15 is 0 Å². The molecule has 0 saturated carbocycles. The average Bonchev–Trinajstić information content (AvgIpc) is 2.57. The molecule has 0 aromatic carbocycles. The maximum Gasteiger partial charge on any atom is 0.117 e. The molecular weight excluding hydrogens is 180 g/mol. The van der Waals surface area contributed by atoms with Gasteiger partial charge in [-0.2, -0.15) is 0 Å². The van der Waals surface area contributed by atoms with Crippen LogP contribution in [0.3, 0.4) is 0 Å². The summed E-state index contributed by atoms with van der Waals surface area (Å²) in [5.74, 6) is 1.16. The van der Waals surface area contributed by atoms with Gasteiger partial charge in [0.15, 0.2) is 0 Å². The largest absolute Gasteiger partial charge is 0.345 e. The second-order valence-electron chi connectivity index (χ2n) is 3.13. The fraction of sp³-hybridized carbons (Fsp3) is 0.700. The Morgan fingerprint density at radius 3 is 2.62 bits per heavy atom. The lowest BCUT2D eigenvalue weighted by Crippen LogP contribution is -1.87. The van der Waals surface area contributed by atoms with E-state index in [0.717, 1.165) is 18.7 Å². The Kier molecular flexibility index (Phi) is 4.36. The van der Waals surface area contributed by atoms with Gasteiger partial charge in [0.05, 0.1) is 0 Å². The highest BCUT2D eigenvalue weighted by atomic mass is 32.2. The minimum absolute atomic E-state index is 1.05. The van der Waals surface area contributed by atoms with Crippen LogP contribution in [0.25, 0.3) is 0 Å². The highest BCUT2D eigenvalue weighted by Crippen LogP contribution is 2.18. The molecule has 0 bridgehead atoms. The highest BCUT2D eigenvalue weighted by molar-refractivity contribution is 7.98. The number of hydrogen-bond acceptors (Lipinski definition) is 2. The van der Waals surface area contributed by atoms with Gasteiger partial charge in [0.1, 0.15) is 10.9 Å². The van der Waals surface area contributed by atoms with Crippen molar-refractivity contribution in [2.45, 2.75) is 44.6 Å². The van der Waals surface area contributed by atoms with Crippen LogP contribution in [0.2, 0.25) is 0 Å². The second-order valence-corrected chi connectivity index (χ2v) is 3.92. The van der Waals surface area contributed by atoms with E-state index in [0.29, 0.717) is 0 Å². The lowest BCUT2D eigenvalue weighted by atomic mass is 10.2. The standard InChI is InChI=1S/C10H18N2S/c1-4-6-7-9-11-8(5-2)10(12-9)13-3/h4-7H2,1-3H3,(H,11,12). The lowest BCUT2D eigenvalue weighted by Gasteiger charge is -1.92. The average molecular weight is 198 g/mol. The summed E-state index contributed by atoms with van der Waals surface area (Å²) in [7, 11) is 0. The van der Waals surface area contributed by atoms with Crippen molar-refractivity contribution in [2.24, 2.45) is 0 Å². The summed E-state index contributed by atoms with van der Waals surface area (Å²) < 4.78 is 0. The van der Waals surface area contributed by atoms with Crippen LogP contribution in [-0.4, -0.2) is 16.2 Å². The quantitative estimate of drug-likeness (QED) is 0.737. The Morgan fingerprint density at radius 1 is 1.38 bits per heavy atom. The van der Waals surface area contributed by atoms with Gasteiger partial charge >= 0.3 is 0 Å². The highest BCUT2D eigenvalue weighted by Gasteiger charge is 2.06. The van der Waals surface area contributed by atoms with Gasteiger partial charge < -0.3 is 4.98 Å². The molecule has 0 aliphatic heterocycles. The minimum Gasteiger partial charge on any atom is -0.345 e. The molecule has 2 nitrogen and oxygen atoms in total. The number of unbranched alkanes of at least 4 members (excludes halogenated alkanes) is 1. The molecule has 0 aliphatic carbocycles. The van der Waals surface area contributed by atoms with Crippen molar-refractivity contribution in [3.63, 3.8) is 0 Å². The number of nitrogens with zero attached hydrogens (tertiary/aromatic N) is 1. The number of thioether (sulfide) groups is 1. The number of aromatic amines is 1. The van der Waals surface area contributed by atoms with Gasteiger partial charge in [0, 0.05) is 12.1 Å². The molecule has 1 N–H and O–H groups in total. The zero-order valence-corrected chi connectivity index (χ0v) is 9.50. The number of H-pyrrole nitrogens is 1. The van der Waals surface area contributed by atoms with E-state index in [1.165, 1.54) is 23.6 Å². The summed E-state index contributed by atoms with van der Waals surface area (Å²) >= 11 is 1.73. The van der Waals surface area contributed by atoms with Crippen LogP contribution < -0.4 is 0 Å². The number of imidazole rings is 1. The summed E-state index contributed by atoms with van der Waals surface area (Å²) in [6.07, 6.45) is 6.68. The summed E-state index contributed by atoms with van der Waals surface area (Å²) in [6, 6.07) is 0. The Bertz CT molecular complexity index is 234. The topological polar surface area (TPSA) is 28.7 Å². The number of nitrogens with one attached hydrogen (secondary N) is 1. The Labute approximate surface area is 84.5 Å². The van der Waals surface area contributed by atoms with Crippen molar-refractivity contribution in [3.8, 4) is 0 Å². The molecule has 0 saturated heterocycles. The van der Waals surface area contributed by atoms with Crippen LogP contribution in [0, 0.1) is 0 Å². The van der Waals surface area contributed by atoms with Gasteiger partial charge in [-0.15, -0.1) is 11.8 Å². The zero-order chi connectivity index (χ0) is 9.68. The van der Waals surface area contributed by atoms with Crippen LogP contribution >= 0.6 is 11.8 Å². The summed E-state index contributed by atoms with van der Waals surface area (Å²) in [5.41, 5.74) is 1.29. The predicted octanol–water partition coefficient (Wildman–Crippen LogP) is 3.04. The molecule has 1 heterocycles. The van der Waals surface area contributed by atoms with E-state index in [4.69, 9.17) is 0 Å². The van der Waals surface area contributed by atoms with E-state index in [2.05, 4.69) is 30.1 Å². The third-order valence-electron chi connectivity index (χ3n) is 2.10. The molecule has 1 aromatic heterocycles. The smallest absolute Gasteiger partial charge is 0.117 e. The summed E-state index contributed by atoms with van der Waals surface area (Å²) in [6.45, 7) is 4.37. The first-order valence-electron chi connectivity index (χ1n) is 4.93. The van der Waals surface area contributed by atoms with Gasteiger partial charge in [-0.1, -0.05) is 20.3 Å². The molecule has 13 heavy (non-hydrogen) atoms. The summed E-state index contributed by atoms with van der Waals surface area (Å²) in [5, 5.41) is 1.17. The maximum absolute atomic E-state index is 4.54. The molecule has 74 valence electrons. The Morgan fingerprint density at radius 2 is 2.15 bits per heavy atom. The van der Waals surface area contributed by atoms with E-state index in [9.17, 15) is 0 Å². The first-order valence-corrected chi connectivity index (χ1v) is 6.16. The molecule has 1 aromatic rings. The third kappa shape index (κ3) is 2.76. The van der Waals surface area contributed by atoms with Gasteiger partial charge in [-0.05, 0) is 19.1 Å². The monoisotopic (exact) mass is 198 g/mol. The normalized spacial score (nSPS) is 10.7. The van der Waals surface area contributed by atoms with E-state index in [-0.39, 0.29) is 0 Å². The van der Waals surface area contributed by atoms with Gasteiger partial charge in [-0.25, -0.2) is 4.98 Å². The Hall–Kier alpha value is -0.440. The molecule has 0 atom stereocenters. The van der Waals surface area contributed by atoms with Crippen molar-refractivity contribution in [1.29, 1.82) is 0 Å². The van der Waals surface area contributed by atoms with Crippen LogP contribution in [0.5, 0.6) is 0 Å². The number of aryl methyl sites for hydroxylation is 2. The van der Waals surface area contributed by atoms with Crippen molar-refractivity contribution in [2.75, 3.05) is 6.26 Å². The van der Waals surface area contributed by atoms with Crippen LogP contribution in [0.15, 0.2) is 5.03 Å². The molecule has 0 unspecified atom stereocenters. The van der Waals surface area contributed by atoms with Crippen LogP contribution in [0.4, 0.5) is 0 Å². The van der Waals surface area contributed by atoms with Gasteiger partial charge in [0.2, 0.25) is 0 Å². The SMILES string of the molecule is CCCCc1nc(SC)c(CC)[nH]1. The summed E-state index contributed by atoms with van der Waals surface area (Å²) in [4.78, 5) is 7.93. The fourth-order valence-corrected chi connectivity index (χ4v) is 1.96. The van der Waals surface area contributed by atoms with Crippen LogP contribution in [0.1, 0.15) is 38.2 Å². The molecule has 0 aliphatic rings. The second kappa shape index (κ2) is 5.32. The molecular formula is C10H18N2S. The first kappa shape index (κ1) is 10.6. The van der Waals surface area contributed by atoms with Crippen molar-refractivity contribution in [3.05, 3.63) is 11.5 Å². The molecule has 1 rings (SSSR count). The lowest BCUT2D eigenvalue weighted by molar-refractivity contribution is 0.758. The van der Waals surface area contributed by atoms with Gasteiger partial charge in [0.25, 0.3) is 0 Å². The van der Waals surface area contributed by atoms with Gasteiger partial charge in [-0.3, -0.25) is 0 Å². The predicted molar refractivity (Wildman–Crippen MR) is 58.4 cm³/mol. The third-order valence-corrected chi connectivity index (χ3v) is 2.83. The first-order chi connectivity index (χ1) is 6.31. The molecule has 0 amide bonds. The minimum atomic E-state index is 1.05. The molecule has 0 spiro atoms. The molecule has 0 radical (unpaired) electrons. The van der Waals surface area contributed by atoms with E-state index < -0.39 is 0 Å². The van der Waals surface area contributed by atoms with Crippen molar-refractivity contribution >= 4 is 11.8 Å². The molecule has 3 heteroatoms. The molecule has 0 fully saturated rings. The fourth-order valence-electron chi connectivity index (χ4n) is 1.32. The number of rotatable bonds is 5. The zero-order valence-electron chi connectivity index (χ0n) is 8.68. The van der Waals surface area contributed by atoms with E-state index in [1.54, 1.807) is 11.8 Å². The Balaban J connectivity index is 2.68. The van der Waals surface area contributed by atoms with Crippen LogP contribution in [-0.2, 0) is 12.8 Å². The van der Waals surface area contributed by atoms with E-state index in [1.807, 2.05) is 0 Å². The maximum atomic E-state index is 4.54. The van der Waals surface area contributed by atoms with Crippen molar-refractivity contribution < 1.29 is 0 Å². The number of aromatic nitrogens is 2. The van der Waals surface area contributed by atoms with Crippen molar-refractivity contribution in [1.82, 2.24) is 9.97 Å². The number of hydrogen-bond donors (Lipinski definition) is 1.